The number of amides is 1. The van der Waals surface area contributed by atoms with Crippen molar-refractivity contribution in [2.75, 3.05) is 12.4 Å². The highest BCUT2D eigenvalue weighted by Crippen LogP contribution is 2.29. The van der Waals surface area contributed by atoms with Crippen molar-refractivity contribution in [2.24, 2.45) is 0 Å². The molecule has 166 valence electrons. The van der Waals surface area contributed by atoms with Crippen LogP contribution in [0.25, 0.3) is 16.6 Å². The van der Waals surface area contributed by atoms with Gasteiger partial charge in [-0.05, 0) is 49.7 Å². The van der Waals surface area contributed by atoms with Gasteiger partial charge in [0.2, 0.25) is 5.88 Å². The van der Waals surface area contributed by atoms with Crippen molar-refractivity contribution >= 4 is 28.1 Å². The molecule has 0 fully saturated rings. The molecule has 8 nitrogen and oxygen atoms in total. The van der Waals surface area contributed by atoms with Crippen LogP contribution in [0.3, 0.4) is 0 Å². The zero-order valence-electron chi connectivity index (χ0n) is 18.7. The molecule has 0 atom stereocenters. The minimum atomic E-state index is -0.222. The van der Waals surface area contributed by atoms with E-state index in [1.165, 1.54) is 0 Å². The van der Waals surface area contributed by atoms with Crippen molar-refractivity contribution in [3.63, 3.8) is 0 Å². The third-order valence-corrected chi connectivity index (χ3v) is 5.68. The third kappa shape index (κ3) is 3.69. The molecule has 0 aliphatic carbocycles. The Kier molecular flexibility index (Phi) is 5.26. The Morgan fingerprint density at radius 3 is 2.82 bits per heavy atom. The maximum atomic E-state index is 13.1. The van der Waals surface area contributed by atoms with Crippen LogP contribution in [0.15, 0.2) is 60.9 Å². The van der Waals surface area contributed by atoms with E-state index in [1.54, 1.807) is 17.7 Å². The summed E-state index contributed by atoms with van der Waals surface area (Å²) in [6.45, 7) is 4.50. The maximum Gasteiger partial charge on any atom is 0.274 e. The fourth-order valence-electron chi connectivity index (χ4n) is 4.09. The van der Waals surface area contributed by atoms with Gasteiger partial charge in [-0.25, -0.2) is 9.97 Å². The van der Waals surface area contributed by atoms with Crippen LogP contribution < -0.4 is 10.1 Å². The van der Waals surface area contributed by atoms with Crippen molar-refractivity contribution in [1.29, 1.82) is 0 Å². The number of hydrogen-bond acceptors (Lipinski definition) is 5. The lowest BCUT2D eigenvalue weighted by Crippen LogP contribution is -2.14. The van der Waals surface area contributed by atoms with Crippen molar-refractivity contribution in [2.45, 2.75) is 26.8 Å². The van der Waals surface area contributed by atoms with Gasteiger partial charge in [0.25, 0.3) is 5.91 Å². The summed E-state index contributed by atoms with van der Waals surface area (Å²) in [4.78, 5) is 21.9. The molecule has 0 radical (unpaired) electrons. The Morgan fingerprint density at radius 2 is 2.00 bits per heavy atom. The van der Waals surface area contributed by atoms with Crippen LogP contribution in [0.4, 0.5) is 5.69 Å². The topological polar surface area (TPSA) is 86.3 Å². The zero-order chi connectivity index (χ0) is 22.9. The smallest absolute Gasteiger partial charge is 0.274 e. The summed E-state index contributed by atoms with van der Waals surface area (Å²) in [5, 5.41) is 8.85. The van der Waals surface area contributed by atoms with Crippen molar-refractivity contribution < 1.29 is 9.53 Å². The Balaban J connectivity index is 1.53. The highest BCUT2D eigenvalue weighted by Gasteiger charge is 2.18. The number of methoxy groups -OCH3 is 1. The van der Waals surface area contributed by atoms with E-state index in [-0.39, 0.29) is 5.91 Å². The predicted molar refractivity (Wildman–Crippen MR) is 127 cm³/mol. The van der Waals surface area contributed by atoms with E-state index < -0.39 is 0 Å². The van der Waals surface area contributed by atoms with E-state index >= 15 is 0 Å². The number of aromatic nitrogens is 5. The van der Waals surface area contributed by atoms with Gasteiger partial charge in [-0.15, -0.1) is 0 Å². The number of carbonyl (C=O) groups excluding carboxylic acids is 1. The molecular formula is C25H24N6O2. The molecule has 5 rings (SSSR count). The Labute approximate surface area is 190 Å². The highest BCUT2D eigenvalue weighted by atomic mass is 16.5. The van der Waals surface area contributed by atoms with Gasteiger partial charge < -0.3 is 10.1 Å². The van der Waals surface area contributed by atoms with Gasteiger partial charge in [-0.2, -0.15) is 5.10 Å². The van der Waals surface area contributed by atoms with Crippen LogP contribution in [0.5, 0.6) is 5.88 Å². The Morgan fingerprint density at radius 1 is 1.12 bits per heavy atom. The second kappa shape index (κ2) is 8.38. The molecule has 0 saturated heterocycles. The van der Waals surface area contributed by atoms with Crippen molar-refractivity contribution in [3.8, 4) is 5.88 Å². The van der Waals surface area contributed by atoms with E-state index in [2.05, 4.69) is 22.2 Å². The molecule has 0 aliphatic rings. The lowest BCUT2D eigenvalue weighted by atomic mass is 10.1. The summed E-state index contributed by atoms with van der Waals surface area (Å²) < 4.78 is 9.19. The lowest BCUT2D eigenvalue weighted by molar-refractivity contribution is 0.102. The molecule has 0 saturated carbocycles. The lowest BCUT2D eigenvalue weighted by Gasteiger charge is -2.10. The number of pyridine rings is 2. The van der Waals surface area contributed by atoms with E-state index in [9.17, 15) is 4.79 Å². The molecule has 0 aliphatic heterocycles. The van der Waals surface area contributed by atoms with Crippen molar-refractivity contribution in [1.82, 2.24) is 24.1 Å². The first-order valence-electron chi connectivity index (χ1n) is 10.8. The molecule has 0 spiro atoms. The van der Waals surface area contributed by atoms with Crippen LogP contribution in [0.2, 0.25) is 0 Å². The average molecular weight is 441 g/mol. The van der Waals surface area contributed by atoms with E-state index in [4.69, 9.17) is 9.84 Å². The van der Waals surface area contributed by atoms with Crippen LogP contribution in [-0.4, -0.2) is 37.2 Å². The number of nitrogens with one attached hydrogen (secondary N) is 1. The molecule has 5 aromatic rings. The van der Waals surface area contributed by atoms with Gasteiger partial charge >= 0.3 is 0 Å². The fraction of sp³-hybridized carbons (Fsp3) is 0.200. The quantitative estimate of drug-likeness (QED) is 0.426. The van der Waals surface area contributed by atoms with Gasteiger partial charge in [-0.1, -0.05) is 19.1 Å². The molecule has 8 heteroatoms. The number of benzene rings is 1. The molecular weight excluding hydrogens is 416 g/mol. The summed E-state index contributed by atoms with van der Waals surface area (Å²) in [6, 6.07) is 15.5. The average Bonchev–Trinajstić information content (AvgIpc) is 3.42. The number of anilines is 1. The van der Waals surface area contributed by atoms with E-state index in [0.29, 0.717) is 18.1 Å². The van der Waals surface area contributed by atoms with Crippen LogP contribution >= 0.6 is 0 Å². The van der Waals surface area contributed by atoms with Gasteiger partial charge in [0, 0.05) is 22.8 Å². The largest absolute Gasteiger partial charge is 0.481 e. The van der Waals surface area contributed by atoms with E-state index in [1.807, 2.05) is 66.3 Å². The highest BCUT2D eigenvalue weighted by molar-refractivity contribution is 6.08. The maximum absolute atomic E-state index is 13.1. The SMILES string of the molecule is CCc1nn(Cc2ccc(C)nc2OC)c2cccc(NC(=O)c3cnc4ccccn34)c12. The van der Waals surface area contributed by atoms with Crippen LogP contribution in [0.1, 0.15) is 34.4 Å². The number of imidazole rings is 1. The monoisotopic (exact) mass is 440 g/mol. The molecule has 4 heterocycles. The number of aryl methyl sites for hydroxylation is 2. The van der Waals surface area contributed by atoms with Crippen LogP contribution in [-0.2, 0) is 13.0 Å². The summed E-state index contributed by atoms with van der Waals surface area (Å²) in [5.41, 5.74) is 5.61. The fourth-order valence-corrected chi connectivity index (χ4v) is 4.09. The molecule has 0 bridgehead atoms. The number of carbonyl (C=O) groups is 1. The number of ether oxygens (including phenoxy) is 1. The summed E-state index contributed by atoms with van der Waals surface area (Å²) >= 11 is 0. The minimum Gasteiger partial charge on any atom is -0.481 e. The standard InChI is InChI=1S/C25H24N6O2/c1-4-18-23-19(28-24(32)21-14-26-22-10-5-6-13-30(21)22)8-7-9-20(23)31(29-18)15-17-12-11-16(2)27-25(17)33-3/h5-14H,4,15H2,1-3H3,(H,28,32). The second-order valence-electron chi connectivity index (χ2n) is 7.81. The summed E-state index contributed by atoms with van der Waals surface area (Å²) in [7, 11) is 1.62. The Hall–Kier alpha value is -4.20. The zero-order valence-corrected chi connectivity index (χ0v) is 18.7. The van der Waals surface area contributed by atoms with Crippen LogP contribution in [0, 0.1) is 6.92 Å². The van der Waals surface area contributed by atoms with E-state index in [0.717, 1.165) is 45.6 Å². The molecule has 4 aromatic heterocycles. The minimum absolute atomic E-state index is 0.222. The number of nitrogens with zero attached hydrogens (tertiary/aromatic N) is 5. The molecule has 1 N–H and O–H groups in total. The van der Waals surface area contributed by atoms with Crippen molar-refractivity contribution in [3.05, 3.63) is 83.6 Å². The third-order valence-electron chi connectivity index (χ3n) is 5.68. The van der Waals surface area contributed by atoms with Gasteiger partial charge in [0.1, 0.15) is 11.3 Å². The Bertz CT molecular complexity index is 1480. The van der Waals surface area contributed by atoms with Gasteiger partial charge in [0.15, 0.2) is 0 Å². The molecule has 0 unspecified atom stereocenters. The molecule has 1 aromatic carbocycles. The number of fused-ring (bicyclic) bond motifs is 2. The summed E-state index contributed by atoms with van der Waals surface area (Å²) in [6.07, 6.45) is 4.15. The molecule has 33 heavy (non-hydrogen) atoms. The summed E-state index contributed by atoms with van der Waals surface area (Å²) in [5.74, 6) is 0.370. The van der Waals surface area contributed by atoms with Gasteiger partial charge in [0.05, 0.1) is 36.7 Å². The number of rotatable bonds is 6. The second-order valence-corrected chi connectivity index (χ2v) is 7.81. The first kappa shape index (κ1) is 20.7. The first-order chi connectivity index (χ1) is 16.1. The predicted octanol–water partition coefficient (Wildman–Crippen LogP) is 4.26. The number of hydrogen-bond donors (Lipinski definition) is 1. The van der Waals surface area contributed by atoms with Gasteiger partial charge in [-0.3, -0.25) is 13.9 Å². The normalized spacial score (nSPS) is 11.2. The molecule has 1 amide bonds. The first-order valence-corrected chi connectivity index (χ1v) is 10.8.